The van der Waals surface area contributed by atoms with Gasteiger partial charge in [0.15, 0.2) is 5.78 Å². The number of Topliss-reactive ketones (excluding diaryl/α,β-unsaturated/α-hetero) is 1. The zero-order valence-electron chi connectivity index (χ0n) is 21.9. The molecular weight excluding hydrogens is 462 g/mol. The van der Waals surface area contributed by atoms with Crippen LogP contribution in [-0.2, 0) is 16.1 Å². The molecule has 6 heteroatoms. The van der Waals surface area contributed by atoms with Gasteiger partial charge in [-0.2, -0.15) is 0 Å². The minimum atomic E-state index is -0.261. The van der Waals surface area contributed by atoms with Crippen LogP contribution in [0.15, 0.2) is 54.6 Å². The highest BCUT2D eigenvalue weighted by molar-refractivity contribution is 5.89. The van der Waals surface area contributed by atoms with Gasteiger partial charge in [-0.3, -0.25) is 14.5 Å². The van der Waals surface area contributed by atoms with Crippen LogP contribution in [0.3, 0.4) is 0 Å². The number of carbonyl (C=O) groups is 2. The summed E-state index contributed by atoms with van der Waals surface area (Å²) in [5.74, 6) is 2.48. The monoisotopic (exact) mass is 501 g/mol. The molecule has 3 saturated heterocycles. The Labute approximate surface area is 220 Å². The third-order valence-electron chi connectivity index (χ3n) is 9.45. The number of carbonyl (C=O) groups excluding carboxylic acids is 2. The Morgan fingerprint density at radius 1 is 1.00 bits per heavy atom. The average molecular weight is 502 g/mol. The van der Waals surface area contributed by atoms with E-state index in [-0.39, 0.29) is 23.3 Å². The molecule has 0 aromatic heterocycles. The molecule has 2 aromatic carbocycles. The maximum Gasteiger partial charge on any atom is 0.229 e. The molecule has 4 fully saturated rings. The van der Waals surface area contributed by atoms with E-state index in [9.17, 15) is 9.59 Å². The summed E-state index contributed by atoms with van der Waals surface area (Å²) in [6.45, 7) is 4.96. The number of rotatable bonds is 8. The molecular formula is C31H39N3O3. The van der Waals surface area contributed by atoms with Crippen molar-refractivity contribution in [1.29, 1.82) is 0 Å². The standard InChI is InChI=1S/C31H39N3O3/c1-37-25-11-7-22(8-12-25)21-34-18-15-31(30(34)36)13-16-33(17-14-31)28(29(35)24-9-10-24)27-20-32-19-26(27)23-5-3-2-4-6-23/h2-8,11-12,24,26-28,32H,9-10,13-21H2,1H3/t26-,27-,28?/m1/s1. The van der Waals surface area contributed by atoms with Gasteiger partial charge in [-0.15, -0.1) is 0 Å². The summed E-state index contributed by atoms with van der Waals surface area (Å²) < 4.78 is 5.27. The second-order valence-corrected chi connectivity index (χ2v) is 11.6. The summed E-state index contributed by atoms with van der Waals surface area (Å²) in [5.41, 5.74) is 2.21. The van der Waals surface area contributed by atoms with Crippen molar-refractivity contribution in [1.82, 2.24) is 15.1 Å². The summed E-state index contributed by atoms with van der Waals surface area (Å²) in [4.78, 5) is 31.8. The van der Waals surface area contributed by atoms with Crippen LogP contribution in [-0.4, -0.2) is 67.4 Å². The number of nitrogens with one attached hydrogen (secondary N) is 1. The zero-order valence-corrected chi connectivity index (χ0v) is 21.9. The van der Waals surface area contributed by atoms with Gasteiger partial charge in [-0.25, -0.2) is 0 Å². The number of ketones is 1. The average Bonchev–Trinajstić information content (AvgIpc) is 3.63. The normalized spacial score (nSPS) is 26.5. The second-order valence-electron chi connectivity index (χ2n) is 11.6. The maximum absolute atomic E-state index is 13.7. The number of methoxy groups -OCH3 is 1. The van der Waals surface area contributed by atoms with E-state index in [1.54, 1.807) is 7.11 Å². The van der Waals surface area contributed by atoms with E-state index in [1.807, 2.05) is 29.2 Å². The Morgan fingerprint density at radius 3 is 2.38 bits per heavy atom. The van der Waals surface area contributed by atoms with Gasteiger partial charge in [-0.05, 0) is 68.5 Å². The predicted molar refractivity (Wildman–Crippen MR) is 143 cm³/mol. The molecule has 3 atom stereocenters. The number of amides is 1. The Balaban J connectivity index is 1.15. The molecule has 1 aliphatic carbocycles. The first-order valence-electron chi connectivity index (χ1n) is 14.0. The van der Waals surface area contributed by atoms with Crippen molar-refractivity contribution in [2.24, 2.45) is 17.3 Å². The number of piperidine rings is 1. The SMILES string of the molecule is COc1ccc(CN2CCC3(CCN(C(C(=O)C4CC4)[C@@H]4CNC[C@@H]4c4ccccc4)CC3)C2=O)cc1. The van der Waals surface area contributed by atoms with Crippen LogP contribution in [0.1, 0.15) is 49.1 Å². The Hall–Kier alpha value is -2.70. The van der Waals surface area contributed by atoms with Gasteiger partial charge in [0.05, 0.1) is 18.6 Å². The number of hydrogen-bond donors (Lipinski definition) is 1. The molecule has 0 bridgehead atoms. The smallest absolute Gasteiger partial charge is 0.229 e. The van der Waals surface area contributed by atoms with Crippen molar-refractivity contribution in [2.75, 3.05) is 39.8 Å². The van der Waals surface area contributed by atoms with E-state index in [1.165, 1.54) is 5.56 Å². The van der Waals surface area contributed by atoms with Crippen LogP contribution in [0.5, 0.6) is 5.75 Å². The van der Waals surface area contributed by atoms with E-state index in [0.717, 1.165) is 76.1 Å². The van der Waals surface area contributed by atoms with Gasteiger partial charge < -0.3 is 15.0 Å². The molecule has 2 aromatic rings. The van der Waals surface area contributed by atoms with Crippen molar-refractivity contribution in [2.45, 2.75) is 50.6 Å². The first-order valence-corrected chi connectivity index (χ1v) is 14.0. The summed E-state index contributed by atoms with van der Waals surface area (Å²) >= 11 is 0. The molecule has 1 saturated carbocycles. The number of nitrogens with zero attached hydrogens (tertiary/aromatic N) is 2. The molecule has 1 N–H and O–H groups in total. The van der Waals surface area contributed by atoms with Gasteiger partial charge in [0.1, 0.15) is 5.75 Å². The van der Waals surface area contributed by atoms with Crippen LogP contribution >= 0.6 is 0 Å². The largest absolute Gasteiger partial charge is 0.497 e. The third kappa shape index (κ3) is 4.82. The van der Waals surface area contributed by atoms with E-state index >= 15 is 0 Å². The van der Waals surface area contributed by atoms with E-state index in [4.69, 9.17) is 4.74 Å². The van der Waals surface area contributed by atoms with E-state index in [2.05, 4.69) is 40.5 Å². The first kappa shape index (κ1) is 24.6. The highest BCUT2D eigenvalue weighted by Gasteiger charge is 2.51. The van der Waals surface area contributed by atoms with Crippen LogP contribution in [0, 0.1) is 17.3 Å². The quantitative estimate of drug-likeness (QED) is 0.595. The minimum Gasteiger partial charge on any atom is -0.497 e. The Kier molecular flexibility index (Phi) is 6.80. The minimum absolute atomic E-state index is 0.0445. The van der Waals surface area contributed by atoms with Gasteiger partial charge in [0.25, 0.3) is 0 Å². The second kappa shape index (κ2) is 10.2. The summed E-state index contributed by atoms with van der Waals surface area (Å²) in [5, 5.41) is 3.60. The number of ether oxygens (including phenoxy) is 1. The fourth-order valence-corrected chi connectivity index (χ4v) is 7.06. The molecule has 1 unspecified atom stereocenters. The lowest BCUT2D eigenvalue weighted by Crippen LogP contribution is -2.54. The third-order valence-corrected chi connectivity index (χ3v) is 9.45. The van der Waals surface area contributed by atoms with Crippen molar-refractivity contribution in [3.8, 4) is 5.75 Å². The van der Waals surface area contributed by atoms with E-state index in [0.29, 0.717) is 24.2 Å². The van der Waals surface area contributed by atoms with Crippen molar-refractivity contribution in [3.63, 3.8) is 0 Å². The summed E-state index contributed by atoms with van der Waals surface area (Å²) in [6.07, 6.45) is 4.73. The maximum atomic E-state index is 13.7. The Morgan fingerprint density at radius 2 is 1.70 bits per heavy atom. The molecule has 6 rings (SSSR count). The van der Waals surface area contributed by atoms with Gasteiger partial charge in [0, 0.05) is 43.9 Å². The van der Waals surface area contributed by atoms with Crippen LogP contribution in [0.4, 0.5) is 0 Å². The highest BCUT2D eigenvalue weighted by atomic mass is 16.5. The predicted octanol–water partition coefficient (Wildman–Crippen LogP) is 3.86. The van der Waals surface area contributed by atoms with Crippen LogP contribution in [0.2, 0.25) is 0 Å². The number of benzene rings is 2. The molecule has 1 amide bonds. The Bertz CT molecular complexity index is 1110. The molecule has 1 spiro atoms. The van der Waals surface area contributed by atoms with Crippen LogP contribution in [0.25, 0.3) is 0 Å². The number of likely N-dealkylation sites (tertiary alicyclic amines) is 2. The lowest BCUT2D eigenvalue weighted by atomic mass is 9.74. The van der Waals surface area contributed by atoms with Crippen molar-refractivity contribution in [3.05, 3.63) is 65.7 Å². The van der Waals surface area contributed by atoms with Gasteiger partial charge in [0.2, 0.25) is 5.91 Å². The fraction of sp³-hybridized carbons (Fsp3) is 0.548. The van der Waals surface area contributed by atoms with Gasteiger partial charge >= 0.3 is 0 Å². The van der Waals surface area contributed by atoms with Gasteiger partial charge in [-0.1, -0.05) is 42.5 Å². The zero-order chi connectivity index (χ0) is 25.4. The lowest BCUT2D eigenvalue weighted by Gasteiger charge is -2.44. The summed E-state index contributed by atoms with van der Waals surface area (Å²) in [6, 6.07) is 18.7. The molecule has 6 nitrogen and oxygen atoms in total. The molecule has 3 heterocycles. The topological polar surface area (TPSA) is 61.9 Å². The molecule has 37 heavy (non-hydrogen) atoms. The van der Waals surface area contributed by atoms with Crippen molar-refractivity contribution >= 4 is 11.7 Å². The molecule has 4 aliphatic rings. The number of hydrogen-bond acceptors (Lipinski definition) is 5. The van der Waals surface area contributed by atoms with Crippen molar-refractivity contribution < 1.29 is 14.3 Å². The molecule has 0 radical (unpaired) electrons. The summed E-state index contributed by atoms with van der Waals surface area (Å²) in [7, 11) is 1.67. The lowest BCUT2D eigenvalue weighted by molar-refractivity contribution is -0.140. The molecule has 3 aliphatic heterocycles. The molecule has 196 valence electrons. The fourth-order valence-electron chi connectivity index (χ4n) is 7.06. The van der Waals surface area contributed by atoms with Crippen LogP contribution < -0.4 is 10.1 Å². The highest BCUT2D eigenvalue weighted by Crippen LogP contribution is 2.45. The first-order chi connectivity index (χ1) is 18.1. The van der Waals surface area contributed by atoms with E-state index < -0.39 is 0 Å².